The minimum Gasteiger partial charge on any atom is -0.370 e. The third-order valence-electron chi connectivity index (χ3n) is 3.85. The Morgan fingerprint density at radius 1 is 0.895 bits per heavy atom. The third kappa shape index (κ3) is 2.35. The van der Waals surface area contributed by atoms with E-state index in [1.54, 1.807) is 4.90 Å². The number of nitrogens with zero attached hydrogens (tertiary/aromatic N) is 2. The topological polar surface area (TPSA) is 40.6 Å². The molecule has 2 heterocycles. The average molecular weight is 258 g/mol. The molecule has 4 heteroatoms. The molecule has 0 radical (unpaired) electrons. The molecular formula is C15H18N2O2. The number of para-hydroxylation sites is 2. The molecule has 1 aromatic carbocycles. The van der Waals surface area contributed by atoms with Crippen molar-refractivity contribution in [3.05, 3.63) is 24.3 Å². The second kappa shape index (κ2) is 5.03. The van der Waals surface area contributed by atoms with E-state index in [-0.39, 0.29) is 24.7 Å². The van der Waals surface area contributed by atoms with Crippen LogP contribution in [0.2, 0.25) is 0 Å². The van der Waals surface area contributed by atoms with Gasteiger partial charge in [0.15, 0.2) is 5.78 Å². The number of benzene rings is 1. The minimum atomic E-state index is -0.0746. The van der Waals surface area contributed by atoms with Crippen LogP contribution in [0.3, 0.4) is 0 Å². The average Bonchev–Trinajstić information content (AvgIpc) is 2.79. The standard InChI is InChI=1S/C15H18N2O2/c18-12-10-15(19)17(11-12)14-7-3-2-6-13(14)16-8-4-1-5-9-16/h2-3,6-7H,1,4-5,8-11H2. The molecule has 0 atom stereocenters. The Balaban J connectivity index is 1.92. The number of Topliss-reactive ketones (excluding diaryl/α,β-unsaturated/α-hetero) is 1. The zero-order valence-electron chi connectivity index (χ0n) is 11.0. The van der Waals surface area contributed by atoms with E-state index in [0.29, 0.717) is 0 Å². The maximum absolute atomic E-state index is 11.9. The van der Waals surface area contributed by atoms with E-state index in [1.807, 2.05) is 18.2 Å². The van der Waals surface area contributed by atoms with E-state index in [0.717, 1.165) is 24.5 Å². The number of carbonyl (C=O) groups is 2. The number of hydrogen-bond donors (Lipinski definition) is 0. The van der Waals surface area contributed by atoms with Crippen LogP contribution in [0.25, 0.3) is 0 Å². The normalized spacial score (nSPS) is 20.2. The largest absolute Gasteiger partial charge is 0.370 e. The molecule has 19 heavy (non-hydrogen) atoms. The Morgan fingerprint density at radius 2 is 1.58 bits per heavy atom. The first-order valence-corrected chi connectivity index (χ1v) is 6.92. The Labute approximate surface area is 113 Å². The van der Waals surface area contributed by atoms with Crippen molar-refractivity contribution in [1.29, 1.82) is 0 Å². The van der Waals surface area contributed by atoms with Crippen molar-refractivity contribution in [3.8, 4) is 0 Å². The highest BCUT2D eigenvalue weighted by molar-refractivity contribution is 6.16. The van der Waals surface area contributed by atoms with Crippen molar-refractivity contribution in [1.82, 2.24) is 0 Å². The van der Waals surface area contributed by atoms with Gasteiger partial charge in [-0.3, -0.25) is 9.59 Å². The summed E-state index contributed by atoms with van der Waals surface area (Å²) in [7, 11) is 0. The van der Waals surface area contributed by atoms with Crippen molar-refractivity contribution in [3.63, 3.8) is 0 Å². The van der Waals surface area contributed by atoms with Crippen molar-refractivity contribution < 1.29 is 9.59 Å². The van der Waals surface area contributed by atoms with E-state index in [1.165, 1.54) is 19.3 Å². The van der Waals surface area contributed by atoms with E-state index in [9.17, 15) is 9.59 Å². The van der Waals surface area contributed by atoms with Crippen LogP contribution >= 0.6 is 0 Å². The highest BCUT2D eigenvalue weighted by atomic mass is 16.2. The summed E-state index contributed by atoms with van der Waals surface area (Å²) in [5, 5.41) is 0. The predicted octanol–water partition coefficient (Wildman–Crippen LogP) is 1.98. The zero-order chi connectivity index (χ0) is 13.2. The SMILES string of the molecule is O=C1CC(=O)N(c2ccccc2N2CCCCC2)C1. The van der Waals surface area contributed by atoms with Crippen LogP contribution in [0.1, 0.15) is 25.7 Å². The molecule has 2 fully saturated rings. The van der Waals surface area contributed by atoms with Crippen LogP contribution in [0.4, 0.5) is 11.4 Å². The lowest BCUT2D eigenvalue weighted by Gasteiger charge is -2.32. The van der Waals surface area contributed by atoms with Gasteiger partial charge in [-0.05, 0) is 31.4 Å². The molecule has 1 amide bonds. The molecule has 0 bridgehead atoms. The number of anilines is 2. The van der Waals surface area contributed by atoms with Gasteiger partial charge in [-0.15, -0.1) is 0 Å². The smallest absolute Gasteiger partial charge is 0.234 e. The Kier molecular flexibility index (Phi) is 3.23. The van der Waals surface area contributed by atoms with Crippen LogP contribution in [0.15, 0.2) is 24.3 Å². The molecule has 0 aliphatic carbocycles. The molecule has 0 spiro atoms. The monoisotopic (exact) mass is 258 g/mol. The van der Waals surface area contributed by atoms with E-state index >= 15 is 0 Å². The van der Waals surface area contributed by atoms with Gasteiger partial charge in [-0.1, -0.05) is 12.1 Å². The minimum absolute atomic E-state index is 0.0125. The number of amides is 1. The molecule has 4 nitrogen and oxygen atoms in total. The first-order chi connectivity index (χ1) is 9.25. The summed E-state index contributed by atoms with van der Waals surface area (Å²) >= 11 is 0. The van der Waals surface area contributed by atoms with Gasteiger partial charge in [-0.2, -0.15) is 0 Å². The summed E-state index contributed by atoms with van der Waals surface area (Å²) < 4.78 is 0. The zero-order valence-corrected chi connectivity index (χ0v) is 11.0. The third-order valence-corrected chi connectivity index (χ3v) is 3.85. The summed E-state index contributed by atoms with van der Waals surface area (Å²) in [6.45, 7) is 2.30. The van der Waals surface area contributed by atoms with Gasteiger partial charge in [0.2, 0.25) is 5.91 Å². The fourth-order valence-electron chi connectivity index (χ4n) is 2.90. The summed E-state index contributed by atoms with van der Waals surface area (Å²) in [6.07, 6.45) is 3.72. The first-order valence-electron chi connectivity index (χ1n) is 6.92. The molecule has 0 N–H and O–H groups in total. The molecule has 0 aromatic heterocycles. The Hall–Kier alpha value is -1.84. The quantitative estimate of drug-likeness (QED) is 0.762. The van der Waals surface area contributed by atoms with Gasteiger partial charge in [-0.25, -0.2) is 0 Å². The van der Waals surface area contributed by atoms with Crippen LogP contribution in [0.5, 0.6) is 0 Å². The Bertz CT molecular complexity index is 507. The van der Waals surface area contributed by atoms with Crippen molar-refractivity contribution >= 4 is 23.1 Å². The van der Waals surface area contributed by atoms with Gasteiger partial charge >= 0.3 is 0 Å². The Morgan fingerprint density at radius 3 is 2.21 bits per heavy atom. The fraction of sp³-hybridized carbons (Fsp3) is 0.467. The van der Waals surface area contributed by atoms with Crippen molar-refractivity contribution in [2.24, 2.45) is 0 Å². The molecule has 1 aromatic rings. The van der Waals surface area contributed by atoms with Crippen molar-refractivity contribution in [2.75, 3.05) is 29.4 Å². The van der Waals surface area contributed by atoms with E-state index < -0.39 is 0 Å². The number of hydrogen-bond acceptors (Lipinski definition) is 3. The highest BCUT2D eigenvalue weighted by Gasteiger charge is 2.30. The summed E-state index contributed by atoms with van der Waals surface area (Å²) in [4.78, 5) is 27.3. The molecule has 3 rings (SSSR count). The summed E-state index contributed by atoms with van der Waals surface area (Å²) in [5.74, 6) is -0.0621. The lowest BCUT2D eigenvalue weighted by molar-refractivity contribution is -0.121. The van der Waals surface area contributed by atoms with Gasteiger partial charge < -0.3 is 9.80 Å². The number of ketones is 1. The van der Waals surface area contributed by atoms with Crippen molar-refractivity contribution in [2.45, 2.75) is 25.7 Å². The molecular weight excluding hydrogens is 240 g/mol. The van der Waals surface area contributed by atoms with Gasteiger partial charge in [0.25, 0.3) is 0 Å². The molecule has 0 unspecified atom stereocenters. The van der Waals surface area contributed by atoms with Gasteiger partial charge in [0, 0.05) is 13.1 Å². The second-order valence-electron chi connectivity index (χ2n) is 5.23. The van der Waals surface area contributed by atoms with E-state index in [2.05, 4.69) is 11.0 Å². The van der Waals surface area contributed by atoms with Crippen LogP contribution in [-0.2, 0) is 9.59 Å². The van der Waals surface area contributed by atoms with Gasteiger partial charge in [0.05, 0.1) is 24.3 Å². The number of carbonyl (C=O) groups excluding carboxylic acids is 2. The van der Waals surface area contributed by atoms with E-state index in [4.69, 9.17) is 0 Å². The number of piperidine rings is 1. The molecule has 2 saturated heterocycles. The maximum Gasteiger partial charge on any atom is 0.234 e. The molecule has 100 valence electrons. The molecule has 2 aliphatic rings. The summed E-state index contributed by atoms with van der Waals surface area (Å²) in [6, 6.07) is 7.92. The second-order valence-corrected chi connectivity index (χ2v) is 5.23. The maximum atomic E-state index is 11.9. The fourth-order valence-corrected chi connectivity index (χ4v) is 2.90. The predicted molar refractivity (Wildman–Crippen MR) is 74.5 cm³/mol. The molecule has 0 saturated carbocycles. The lowest BCUT2D eigenvalue weighted by atomic mass is 10.1. The highest BCUT2D eigenvalue weighted by Crippen LogP contribution is 2.33. The van der Waals surface area contributed by atoms with Gasteiger partial charge in [0.1, 0.15) is 0 Å². The first kappa shape index (κ1) is 12.2. The molecule has 2 aliphatic heterocycles. The van der Waals surface area contributed by atoms with Crippen LogP contribution in [-0.4, -0.2) is 31.3 Å². The van der Waals surface area contributed by atoms with Crippen LogP contribution < -0.4 is 9.80 Å². The summed E-state index contributed by atoms with van der Waals surface area (Å²) in [5.41, 5.74) is 1.98. The number of rotatable bonds is 2. The lowest BCUT2D eigenvalue weighted by Crippen LogP contribution is -2.32. The van der Waals surface area contributed by atoms with Crippen LogP contribution in [0, 0.1) is 0 Å².